The fourth-order valence-corrected chi connectivity index (χ4v) is 7.94. The van der Waals surface area contributed by atoms with Crippen LogP contribution in [0.5, 0.6) is 0 Å². The first kappa shape index (κ1) is 18.4. The van der Waals surface area contributed by atoms with Crippen molar-refractivity contribution < 1.29 is 9.90 Å². The minimum absolute atomic E-state index is 0.0851. The molecule has 4 aliphatic rings. The highest BCUT2D eigenvalue weighted by atomic mass is 16.3. The van der Waals surface area contributed by atoms with Crippen LogP contribution < -0.4 is 0 Å². The molecular formula is C23H31N3O2. The Morgan fingerprint density at radius 2 is 2.11 bits per heavy atom. The predicted octanol–water partition coefficient (Wildman–Crippen LogP) is 3.56. The van der Waals surface area contributed by atoms with E-state index in [1.807, 2.05) is 0 Å². The molecule has 0 saturated heterocycles. The number of nitrogens with zero attached hydrogens (tertiary/aromatic N) is 3. The van der Waals surface area contributed by atoms with Gasteiger partial charge in [0.1, 0.15) is 6.07 Å². The number of aliphatic hydroxyl groups excluding tert-OH is 1. The zero-order chi connectivity index (χ0) is 19.5. The molecule has 3 unspecified atom stereocenters. The summed E-state index contributed by atoms with van der Waals surface area (Å²) in [6.45, 7) is 2.67. The highest BCUT2D eigenvalue weighted by Gasteiger charge is 2.59. The van der Waals surface area contributed by atoms with Gasteiger partial charge in [-0.25, -0.2) is 0 Å². The quantitative estimate of drug-likeness (QED) is 0.868. The number of fused-ring (bicyclic) bond motifs is 5. The second-order valence-corrected chi connectivity index (χ2v) is 10.2. The molecule has 4 aliphatic carbocycles. The van der Waals surface area contributed by atoms with Crippen molar-refractivity contribution in [2.45, 2.75) is 70.9 Å². The maximum Gasteiger partial charge on any atom is 0.157 e. The minimum atomic E-state index is -0.0851. The van der Waals surface area contributed by atoms with Gasteiger partial charge in [0.25, 0.3) is 0 Å². The topological polar surface area (TPSA) is 78.9 Å². The molecule has 4 fully saturated rings. The van der Waals surface area contributed by atoms with Crippen LogP contribution in [0.2, 0.25) is 0 Å². The van der Waals surface area contributed by atoms with E-state index in [1.54, 1.807) is 10.9 Å². The van der Waals surface area contributed by atoms with Gasteiger partial charge in [0.2, 0.25) is 0 Å². The molecule has 0 bridgehead atoms. The van der Waals surface area contributed by atoms with Gasteiger partial charge >= 0.3 is 0 Å². The minimum Gasteiger partial charge on any atom is -0.393 e. The Morgan fingerprint density at radius 3 is 2.89 bits per heavy atom. The highest BCUT2D eigenvalue weighted by molar-refractivity contribution is 5.82. The van der Waals surface area contributed by atoms with Crippen LogP contribution in [0.1, 0.15) is 63.9 Å². The molecule has 5 nitrogen and oxygen atoms in total. The summed E-state index contributed by atoms with van der Waals surface area (Å²) in [6.07, 6.45) is 12.2. The van der Waals surface area contributed by atoms with Crippen LogP contribution in [0.25, 0.3) is 0 Å². The molecule has 1 aromatic heterocycles. The van der Waals surface area contributed by atoms with E-state index in [0.717, 1.165) is 37.0 Å². The van der Waals surface area contributed by atoms with Gasteiger partial charge in [-0.2, -0.15) is 10.4 Å². The number of aromatic nitrogens is 2. The third-order valence-electron chi connectivity index (χ3n) is 9.10. The number of Topliss-reactive ketones (excluding diaryl/α,β-unsaturated/α-hetero) is 1. The number of aliphatic hydroxyl groups is 1. The SMILES string of the molecule is C[C@]12CCC3C(C[C@H]4C[C@H](O)CC[C@H]34)C1CC[C@@H]2C(=O)Cn1cc(C#N)cn1. The van der Waals surface area contributed by atoms with E-state index in [-0.39, 0.29) is 17.4 Å². The molecule has 1 N–H and O–H groups in total. The average Bonchev–Trinajstić information content (AvgIpc) is 3.35. The standard InChI is InChI=1S/C23H31N3O2/c1-23-7-6-18-17-3-2-16(27)8-15(17)9-19(18)20(23)4-5-21(23)22(28)13-26-12-14(10-24)11-25-26/h11-12,15-21,27H,2-9,13H2,1H3/t15-,16-,17+,18?,19?,20?,21-,23+/m1/s1. The van der Waals surface area contributed by atoms with Crippen molar-refractivity contribution in [3.05, 3.63) is 18.0 Å². The van der Waals surface area contributed by atoms with Crippen LogP contribution >= 0.6 is 0 Å². The van der Waals surface area contributed by atoms with Crippen molar-refractivity contribution in [2.75, 3.05) is 0 Å². The third-order valence-corrected chi connectivity index (χ3v) is 9.10. The number of carbonyl (C=O) groups is 1. The first-order valence-electron chi connectivity index (χ1n) is 11.1. The summed E-state index contributed by atoms with van der Waals surface area (Å²) in [5.41, 5.74) is 0.634. The molecule has 1 aromatic rings. The fraction of sp³-hybridized carbons (Fsp3) is 0.783. The van der Waals surface area contributed by atoms with Gasteiger partial charge in [0.15, 0.2) is 5.78 Å². The van der Waals surface area contributed by atoms with Gasteiger partial charge in [-0.1, -0.05) is 6.92 Å². The number of hydrogen-bond donors (Lipinski definition) is 1. The fourth-order valence-electron chi connectivity index (χ4n) is 7.94. The van der Waals surface area contributed by atoms with E-state index in [9.17, 15) is 9.90 Å². The molecule has 1 heterocycles. The Bertz CT molecular complexity index is 811. The number of carbonyl (C=O) groups excluding carboxylic acids is 1. The van der Waals surface area contributed by atoms with Crippen molar-refractivity contribution in [3.63, 3.8) is 0 Å². The lowest BCUT2D eigenvalue weighted by molar-refractivity contribution is -0.129. The zero-order valence-electron chi connectivity index (χ0n) is 16.8. The molecule has 0 aliphatic heterocycles. The van der Waals surface area contributed by atoms with Gasteiger partial charge in [0.05, 0.1) is 24.4 Å². The van der Waals surface area contributed by atoms with Crippen molar-refractivity contribution in [2.24, 2.45) is 40.9 Å². The van der Waals surface area contributed by atoms with E-state index < -0.39 is 0 Å². The average molecular weight is 382 g/mol. The van der Waals surface area contributed by atoms with E-state index >= 15 is 0 Å². The Kier molecular flexibility index (Phi) is 4.39. The first-order chi connectivity index (χ1) is 13.5. The van der Waals surface area contributed by atoms with Crippen LogP contribution in [-0.4, -0.2) is 26.8 Å². The third kappa shape index (κ3) is 2.76. The summed E-state index contributed by atoms with van der Waals surface area (Å²) >= 11 is 0. The van der Waals surface area contributed by atoms with Crippen LogP contribution in [0, 0.1) is 52.3 Å². The molecule has 5 rings (SSSR count). The Morgan fingerprint density at radius 1 is 1.25 bits per heavy atom. The number of ketones is 1. The van der Waals surface area contributed by atoms with Gasteiger partial charge in [-0.3, -0.25) is 9.48 Å². The zero-order valence-corrected chi connectivity index (χ0v) is 16.8. The molecule has 8 atom stereocenters. The van der Waals surface area contributed by atoms with Gasteiger partial charge in [0, 0.05) is 12.1 Å². The molecule has 150 valence electrons. The van der Waals surface area contributed by atoms with Gasteiger partial charge in [-0.15, -0.1) is 0 Å². The van der Waals surface area contributed by atoms with E-state index in [0.29, 0.717) is 29.7 Å². The maximum atomic E-state index is 13.2. The number of hydrogen-bond acceptors (Lipinski definition) is 4. The summed E-state index contributed by atoms with van der Waals surface area (Å²) in [4.78, 5) is 13.2. The lowest BCUT2D eigenvalue weighted by Crippen LogP contribution is -2.43. The summed E-state index contributed by atoms with van der Waals surface area (Å²) in [5.74, 6) is 4.20. The first-order valence-corrected chi connectivity index (χ1v) is 11.1. The van der Waals surface area contributed by atoms with Crippen LogP contribution in [-0.2, 0) is 11.3 Å². The molecule has 0 radical (unpaired) electrons. The number of nitriles is 1. The summed E-state index contributed by atoms with van der Waals surface area (Å²) in [6, 6.07) is 2.08. The molecule has 0 spiro atoms. The summed E-state index contributed by atoms with van der Waals surface area (Å²) in [7, 11) is 0. The molecule has 0 amide bonds. The molecular weight excluding hydrogens is 350 g/mol. The lowest BCUT2D eigenvalue weighted by Gasteiger charge is -2.47. The number of rotatable bonds is 3. The predicted molar refractivity (Wildman–Crippen MR) is 104 cm³/mol. The molecule has 4 saturated carbocycles. The van der Waals surface area contributed by atoms with Crippen molar-refractivity contribution in [1.82, 2.24) is 9.78 Å². The van der Waals surface area contributed by atoms with Crippen LogP contribution in [0.15, 0.2) is 12.4 Å². The monoisotopic (exact) mass is 381 g/mol. The molecule has 28 heavy (non-hydrogen) atoms. The molecule has 0 aromatic carbocycles. The van der Waals surface area contributed by atoms with Gasteiger partial charge < -0.3 is 5.11 Å². The van der Waals surface area contributed by atoms with Crippen LogP contribution in [0.4, 0.5) is 0 Å². The second kappa shape index (κ2) is 6.69. The van der Waals surface area contributed by atoms with E-state index in [4.69, 9.17) is 5.26 Å². The van der Waals surface area contributed by atoms with Gasteiger partial charge in [-0.05, 0) is 86.4 Å². The Balaban J connectivity index is 1.32. The maximum absolute atomic E-state index is 13.2. The lowest BCUT2D eigenvalue weighted by atomic mass is 9.57. The van der Waals surface area contributed by atoms with Crippen molar-refractivity contribution in [1.29, 1.82) is 5.26 Å². The normalized spacial score (nSPS) is 44.4. The molecule has 5 heteroatoms. The largest absolute Gasteiger partial charge is 0.393 e. The van der Waals surface area contributed by atoms with Crippen LogP contribution in [0.3, 0.4) is 0 Å². The summed E-state index contributed by atoms with van der Waals surface area (Å²) < 4.78 is 1.63. The van der Waals surface area contributed by atoms with E-state index in [1.165, 1.54) is 38.3 Å². The summed E-state index contributed by atoms with van der Waals surface area (Å²) in [5, 5.41) is 23.3. The smallest absolute Gasteiger partial charge is 0.157 e. The second-order valence-electron chi connectivity index (χ2n) is 10.2. The van der Waals surface area contributed by atoms with Crippen molar-refractivity contribution >= 4 is 5.78 Å². The Labute approximate surface area is 167 Å². The Hall–Kier alpha value is -1.67. The van der Waals surface area contributed by atoms with E-state index in [2.05, 4.69) is 18.1 Å². The highest BCUT2D eigenvalue weighted by Crippen LogP contribution is 2.66. The van der Waals surface area contributed by atoms with Crippen molar-refractivity contribution in [3.8, 4) is 6.07 Å².